The van der Waals surface area contributed by atoms with Gasteiger partial charge in [-0.25, -0.2) is 0 Å². The minimum Gasteiger partial charge on any atom is -0.255 e. The standard InChI is InChI=1S/Ca.Na.H2O2/c;;1-2/h;;1-2H/q+2;+1;. The van der Waals surface area contributed by atoms with Crippen molar-refractivity contribution in [2.24, 2.45) is 0 Å². The van der Waals surface area contributed by atoms with E-state index >= 15 is 0 Å². The quantitative estimate of drug-likeness (QED) is 0.188. The van der Waals surface area contributed by atoms with Crippen LogP contribution in [0.2, 0.25) is 0 Å². The molecule has 0 unspecified atom stereocenters. The van der Waals surface area contributed by atoms with Crippen molar-refractivity contribution in [2.45, 2.75) is 0 Å². The molecule has 0 aliphatic carbocycles. The zero-order valence-electron chi connectivity index (χ0n) is 2.60. The van der Waals surface area contributed by atoms with Crippen molar-refractivity contribution in [3.05, 3.63) is 0 Å². The summed E-state index contributed by atoms with van der Waals surface area (Å²) in [6.45, 7) is 0. The fourth-order valence-corrected chi connectivity index (χ4v) is 0. The number of rotatable bonds is 0. The molecule has 2 nitrogen and oxygen atoms in total. The van der Waals surface area contributed by atoms with Gasteiger partial charge in [-0.1, -0.05) is 0 Å². The van der Waals surface area contributed by atoms with E-state index in [4.69, 9.17) is 10.5 Å². The molecule has 0 amide bonds. The van der Waals surface area contributed by atoms with Crippen LogP contribution in [-0.2, 0) is 0 Å². The molecule has 0 aromatic carbocycles. The summed E-state index contributed by atoms with van der Waals surface area (Å²) in [4.78, 5) is 0. The number of hydrogen-bond donors (Lipinski definition) is 2. The second kappa shape index (κ2) is 19.0. The van der Waals surface area contributed by atoms with E-state index in [0.717, 1.165) is 0 Å². The summed E-state index contributed by atoms with van der Waals surface area (Å²) < 4.78 is 0. The van der Waals surface area contributed by atoms with Gasteiger partial charge < -0.3 is 0 Å². The van der Waals surface area contributed by atoms with Gasteiger partial charge in [-0.3, -0.25) is 10.5 Å². The molecule has 0 heterocycles. The molecule has 0 fully saturated rings. The van der Waals surface area contributed by atoms with Gasteiger partial charge in [-0.2, -0.15) is 0 Å². The molecular weight excluding hydrogens is 95.1 g/mol. The van der Waals surface area contributed by atoms with Gasteiger partial charge in [0.25, 0.3) is 0 Å². The predicted molar refractivity (Wildman–Crippen MR) is 11.0 cm³/mol. The zero-order chi connectivity index (χ0) is 2.00. The van der Waals surface area contributed by atoms with E-state index in [-0.39, 0.29) is 67.3 Å². The van der Waals surface area contributed by atoms with E-state index in [2.05, 4.69) is 0 Å². The van der Waals surface area contributed by atoms with Gasteiger partial charge in [0.1, 0.15) is 0 Å². The first-order valence-corrected chi connectivity index (χ1v) is 0.200. The molecule has 2 N–H and O–H groups in total. The van der Waals surface area contributed by atoms with E-state index in [1.807, 2.05) is 0 Å². The fraction of sp³-hybridized carbons (Fsp3) is 0. The van der Waals surface area contributed by atoms with Crippen LogP contribution in [-0.4, -0.2) is 48.3 Å². The maximum atomic E-state index is 6.00. The normalized spacial score (nSPS) is 1.50. The van der Waals surface area contributed by atoms with Crippen LogP contribution in [0, 0.1) is 0 Å². The third kappa shape index (κ3) is 8.89. The molecule has 14 valence electrons. The molecule has 0 saturated carbocycles. The molecule has 0 aromatic heterocycles. The molecule has 0 aromatic rings. The van der Waals surface area contributed by atoms with Crippen molar-refractivity contribution in [3.63, 3.8) is 0 Å². The molecule has 0 radical (unpaired) electrons. The van der Waals surface area contributed by atoms with Gasteiger partial charge >= 0.3 is 67.3 Å². The Kier molecular flexibility index (Phi) is 78.1. The van der Waals surface area contributed by atoms with E-state index in [1.165, 1.54) is 0 Å². The van der Waals surface area contributed by atoms with Crippen LogP contribution in [0.15, 0.2) is 0 Å². The SMILES string of the molecule is OO.[Ca+2].[Na+]. The van der Waals surface area contributed by atoms with E-state index in [1.54, 1.807) is 0 Å². The van der Waals surface area contributed by atoms with Crippen molar-refractivity contribution in [2.75, 3.05) is 0 Å². The summed E-state index contributed by atoms with van der Waals surface area (Å²) in [5.74, 6) is 0. The van der Waals surface area contributed by atoms with Crippen molar-refractivity contribution in [1.29, 1.82) is 0 Å². The molecule has 0 aliphatic rings. The first-order chi connectivity index (χ1) is 1.00. The Bertz CT molecular complexity index is 6.00. The first-order valence-electron chi connectivity index (χ1n) is 0.200. The molecule has 0 rings (SSSR count). The monoisotopic (exact) mass is 97.0 g/mol. The topological polar surface area (TPSA) is 40.5 Å². The molecule has 0 saturated heterocycles. The molecule has 4 heteroatoms. The molecule has 0 spiro atoms. The van der Waals surface area contributed by atoms with Gasteiger partial charge in [0.15, 0.2) is 0 Å². The second-order valence-corrected chi connectivity index (χ2v) is 0. The zero-order valence-corrected chi connectivity index (χ0v) is 6.81. The summed E-state index contributed by atoms with van der Waals surface area (Å²) in [6.07, 6.45) is 0. The first kappa shape index (κ1) is 16.4. The van der Waals surface area contributed by atoms with Crippen molar-refractivity contribution < 1.29 is 40.1 Å². The van der Waals surface area contributed by atoms with Crippen molar-refractivity contribution in [1.82, 2.24) is 0 Å². The maximum absolute atomic E-state index is 6.00. The number of hydrogen-bond acceptors (Lipinski definition) is 2. The Morgan fingerprint density at radius 2 is 1.00 bits per heavy atom. The molecule has 0 atom stereocenters. The van der Waals surface area contributed by atoms with Crippen LogP contribution in [0.5, 0.6) is 0 Å². The van der Waals surface area contributed by atoms with Crippen LogP contribution in [0.25, 0.3) is 0 Å². The summed E-state index contributed by atoms with van der Waals surface area (Å²) in [6, 6.07) is 0. The van der Waals surface area contributed by atoms with Crippen molar-refractivity contribution in [3.8, 4) is 0 Å². The van der Waals surface area contributed by atoms with E-state index < -0.39 is 0 Å². The Morgan fingerprint density at radius 1 is 1.00 bits per heavy atom. The molecule has 0 aliphatic heterocycles. The van der Waals surface area contributed by atoms with E-state index in [9.17, 15) is 0 Å². The maximum Gasteiger partial charge on any atom is 2.00 e. The van der Waals surface area contributed by atoms with Crippen LogP contribution in [0.3, 0.4) is 0 Å². The molecule has 0 bridgehead atoms. The molecule has 4 heavy (non-hydrogen) atoms. The van der Waals surface area contributed by atoms with Gasteiger partial charge in [0.2, 0.25) is 0 Å². The Labute approximate surface area is 76.4 Å². The predicted octanol–water partition coefficient (Wildman–Crippen LogP) is -3.36. The van der Waals surface area contributed by atoms with Crippen molar-refractivity contribution >= 4 is 37.7 Å². The Balaban J connectivity index is -0.00000000500. The third-order valence-electron chi connectivity index (χ3n) is 0. The van der Waals surface area contributed by atoms with Crippen LogP contribution in [0.4, 0.5) is 0 Å². The van der Waals surface area contributed by atoms with E-state index in [0.29, 0.717) is 0 Å². The van der Waals surface area contributed by atoms with Gasteiger partial charge in [0, 0.05) is 0 Å². The fourth-order valence-electron chi connectivity index (χ4n) is 0. The average molecular weight is 97.1 g/mol. The third-order valence-corrected chi connectivity index (χ3v) is 0. The minimum absolute atomic E-state index is 0. The molecular formula is H2CaNaO2+3. The van der Waals surface area contributed by atoms with Gasteiger partial charge in [0.05, 0.1) is 0 Å². The summed E-state index contributed by atoms with van der Waals surface area (Å²) >= 11 is 0. The summed E-state index contributed by atoms with van der Waals surface area (Å²) in [5, 5.41) is 12.0. The van der Waals surface area contributed by atoms with Gasteiger partial charge in [-0.05, 0) is 0 Å². The minimum atomic E-state index is 0. The summed E-state index contributed by atoms with van der Waals surface area (Å²) in [5.41, 5.74) is 0. The smallest absolute Gasteiger partial charge is 0.255 e. The largest absolute Gasteiger partial charge is 2.00 e. The average Bonchev–Trinajstić information content (AvgIpc) is 1.00. The Hall–Kier alpha value is 2.18. The summed E-state index contributed by atoms with van der Waals surface area (Å²) in [7, 11) is 0. The van der Waals surface area contributed by atoms with Gasteiger partial charge in [-0.15, -0.1) is 0 Å². The second-order valence-electron chi connectivity index (χ2n) is 0. The van der Waals surface area contributed by atoms with Crippen LogP contribution < -0.4 is 29.6 Å². The Morgan fingerprint density at radius 3 is 1.00 bits per heavy atom. The van der Waals surface area contributed by atoms with Crippen LogP contribution in [0.1, 0.15) is 0 Å². The van der Waals surface area contributed by atoms with Crippen LogP contribution >= 0.6 is 0 Å².